The van der Waals surface area contributed by atoms with Crippen molar-refractivity contribution in [2.24, 2.45) is 34.0 Å². The van der Waals surface area contributed by atoms with Crippen LogP contribution in [0.25, 0.3) is 0 Å². The number of carbonyl (C=O) groups excluding carboxylic acids is 2. The summed E-state index contributed by atoms with van der Waals surface area (Å²) in [5.41, 5.74) is -1.53. The molecule has 2 heterocycles. The van der Waals surface area contributed by atoms with Crippen molar-refractivity contribution in [3.63, 3.8) is 0 Å². The number of rotatable bonds is 1. The van der Waals surface area contributed by atoms with E-state index in [1.165, 1.54) is 6.92 Å². The number of ether oxygens (including phenoxy) is 2. The van der Waals surface area contributed by atoms with Gasteiger partial charge in [0.15, 0.2) is 5.78 Å². The zero-order valence-electron chi connectivity index (χ0n) is 16.9. The first-order chi connectivity index (χ1) is 13.0. The predicted octanol–water partition coefficient (Wildman–Crippen LogP) is 1.98. The van der Waals surface area contributed by atoms with Gasteiger partial charge in [0, 0.05) is 24.2 Å². The van der Waals surface area contributed by atoms with Gasteiger partial charge in [-0.25, -0.2) is 0 Å². The molecule has 0 amide bonds. The number of fused-ring (bicyclic) bond motifs is 2. The summed E-state index contributed by atoms with van der Waals surface area (Å²) in [6.45, 7) is 9.93. The zero-order valence-corrected chi connectivity index (χ0v) is 16.9. The molecule has 4 saturated carbocycles. The number of aliphatic hydroxyl groups is 2. The van der Waals surface area contributed by atoms with Gasteiger partial charge in [0.25, 0.3) is 0 Å². The maximum absolute atomic E-state index is 13.6. The van der Waals surface area contributed by atoms with Crippen LogP contribution in [0.4, 0.5) is 0 Å². The average Bonchev–Trinajstić information content (AvgIpc) is 2.78. The Morgan fingerprint density at radius 2 is 2.00 bits per heavy atom. The summed E-state index contributed by atoms with van der Waals surface area (Å²) in [5.74, 6) is -3.29. The summed E-state index contributed by atoms with van der Waals surface area (Å²) >= 11 is 0. The van der Waals surface area contributed by atoms with E-state index in [0.29, 0.717) is 18.4 Å². The predicted molar refractivity (Wildman–Crippen MR) is 98.8 cm³/mol. The van der Waals surface area contributed by atoms with Crippen LogP contribution in [0, 0.1) is 34.0 Å². The molecule has 0 radical (unpaired) electrons. The summed E-state index contributed by atoms with van der Waals surface area (Å²) < 4.78 is 11.8. The second-order valence-electron chi connectivity index (χ2n) is 10.6. The van der Waals surface area contributed by atoms with Crippen molar-refractivity contribution in [3.8, 4) is 0 Å². The summed E-state index contributed by atoms with van der Waals surface area (Å²) in [4.78, 5) is 25.5. The van der Waals surface area contributed by atoms with E-state index < -0.39 is 28.8 Å². The van der Waals surface area contributed by atoms with Crippen molar-refractivity contribution >= 4 is 11.8 Å². The minimum atomic E-state index is -1.97. The number of allylic oxidation sites excluding steroid dienone is 1. The van der Waals surface area contributed by atoms with Gasteiger partial charge in [0.05, 0.1) is 12.0 Å². The first kappa shape index (κ1) is 18.8. The topological polar surface area (TPSA) is 93.1 Å². The van der Waals surface area contributed by atoms with Gasteiger partial charge in [-0.05, 0) is 42.6 Å². The molecule has 6 heteroatoms. The molecule has 6 rings (SSSR count). The van der Waals surface area contributed by atoms with Crippen LogP contribution in [-0.2, 0) is 19.1 Å². The van der Waals surface area contributed by atoms with Gasteiger partial charge in [-0.1, -0.05) is 26.8 Å². The van der Waals surface area contributed by atoms with Crippen LogP contribution in [0.2, 0.25) is 0 Å². The lowest BCUT2D eigenvalue weighted by Gasteiger charge is -2.73. The Kier molecular flexibility index (Phi) is 3.53. The van der Waals surface area contributed by atoms with Gasteiger partial charge in [0.1, 0.15) is 12.2 Å². The molecule has 6 fully saturated rings. The van der Waals surface area contributed by atoms with E-state index in [0.717, 1.165) is 19.3 Å². The molecule has 154 valence electrons. The van der Waals surface area contributed by atoms with Crippen LogP contribution in [0.3, 0.4) is 0 Å². The highest BCUT2D eigenvalue weighted by molar-refractivity contribution is 6.04. The maximum Gasteiger partial charge on any atom is 0.302 e. The highest BCUT2D eigenvalue weighted by Gasteiger charge is 2.84. The molecule has 2 saturated heterocycles. The van der Waals surface area contributed by atoms with Crippen molar-refractivity contribution in [1.29, 1.82) is 0 Å². The average molecular weight is 390 g/mol. The van der Waals surface area contributed by atoms with E-state index in [4.69, 9.17) is 9.47 Å². The van der Waals surface area contributed by atoms with Gasteiger partial charge in [-0.3, -0.25) is 9.59 Å². The van der Waals surface area contributed by atoms with E-state index in [-0.39, 0.29) is 41.5 Å². The Balaban J connectivity index is 1.77. The lowest BCUT2D eigenvalue weighted by molar-refractivity contribution is -0.445. The SMILES string of the molecule is C=C1C(=O)[C@]23CC1CC(OC(C)=O)C2[C@]12CCCC(C)(C)C1C(O)[C@@]3(O)OC2. The Bertz CT molecular complexity index is 788. The maximum atomic E-state index is 13.6. The van der Waals surface area contributed by atoms with Gasteiger partial charge in [0.2, 0.25) is 5.79 Å². The fraction of sp³-hybridized carbons (Fsp3) is 0.818. The first-order valence-electron chi connectivity index (χ1n) is 10.5. The van der Waals surface area contributed by atoms with Gasteiger partial charge >= 0.3 is 5.97 Å². The molecule has 28 heavy (non-hydrogen) atoms. The molecule has 6 nitrogen and oxygen atoms in total. The fourth-order valence-corrected chi connectivity index (χ4v) is 8.28. The van der Waals surface area contributed by atoms with Crippen molar-refractivity contribution in [2.75, 3.05) is 6.61 Å². The van der Waals surface area contributed by atoms with Crippen LogP contribution < -0.4 is 0 Å². The van der Waals surface area contributed by atoms with E-state index in [2.05, 4.69) is 20.4 Å². The second kappa shape index (κ2) is 5.27. The molecule has 0 aromatic carbocycles. The second-order valence-corrected chi connectivity index (χ2v) is 10.6. The Hall–Kier alpha value is -1.24. The van der Waals surface area contributed by atoms with Gasteiger partial charge in [-0.2, -0.15) is 0 Å². The van der Waals surface area contributed by atoms with Gasteiger partial charge < -0.3 is 19.7 Å². The number of esters is 1. The van der Waals surface area contributed by atoms with Crippen LogP contribution in [-0.4, -0.2) is 46.6 Å². The van der Waals surface area contributed by atoms with Crippen molar-refractivity contribution in [2.45, 2.75) is 70.9 Å². The standard InChI is InChI=1S/C22H30O6/c1-11-13-8-14(28-12(2)23)15-20-7-5-6-19(3,4)16(20)18(25)22(26,27-10-20)21(15,9-13)17(11)24/h13-16,18,25-26H,1,5-10H2,2-4H3/t13?,14?,15?,16?,18?,20-,21+,22-/m1/s1. The minimum Gasteiger partial charge on any atom is -0.462 e. The third-order valence-electron chi connectivity index (χ3n) is 8.96. The molecule has 2 aliphatic heterocycles. The van der Waals surface area contributed by atoms with E-state index in [1.807, 2.05) is 0 Å². The number of hydrogen-bond acceptors (Lipinski definition) is 6. The number of carbonyl (C=O) groups is 2. The van der Waals surface area contributed by atoms with Crippen LogP contribution in [0.1, 0.15) is 52.9 Å². The van der Waals surface area contributed by atoms with Crippen LogP contribution in [0.15, 0.2) is 12.2 Å². The first-order valence-corrected chi connectivity index (χ1v) is 10.5. The molecule has 0 aromatic rings. The van der Waals surface area contributed by atoms with Crippen LogP contribution in [0.5, 0.6) is 0 Å². The molecule has 6 aliphatic rings. The Morgan fingerprint density at radius 3 is 2.68 bits per heavy atom. The number of aliphatic hydroxyl groups excluding tert-OH is 1. The normalized spacial score (nSPS) is 53.5. The third-order valence-corrected chi connectivity index (χ3v) is 8.96. The smallest absolute Gasteiger partial charge is 0.302 e. The fourth-order valence-electron chi connectivity index (χ4n) is 8.28. The summed E-state index contributed by atoms with van der Waals surface area (Å²) in [6.07, 6.45) is 2.03. The molecule has 2 spiro atoms. The van der Waals surface area contributed by atoms with E-state index in [1.54, 1.807) is 0 Å². The molecule has 8 atom stereocenters. The molecule has 4 aliphatic carbocycles. The highest BCUT2D eigenvalue weighted by Crippen LogP contribution is 2.76. The third kappa shape index (κ3) is 1.81. The number of Topliss-reactive ketones (excluding diaryl/α,β-unsaturated/α-hetero) is 1. The molecule has 0 aromatic heterocycles. The molecule has 5 unspecified atom stereocenters. The molecular weight excluding hydrogens is 360 g/mol. The van der Waals surface area contributed by atoms with Crippen molar-refractivity contribution in [1.82, 2.24) is 0 Å². The highest BCUT2D eigenvalue weighted by atomic mass is 16.6. The largest absolute Gasteiger partial charge is 0.462 e. The number of hydrogen-bond donors (Lipinski definition) is 2. The van der Waals surface area contributed by atoms with Gasteiger partial charge in [-0.15, -0.1) is 0 Å². The summed E-state index contributed by atoms with van der Waals surface area (Å²) in [7, 11) is 0. The Labute approximate surface area is 165 Å². The lowest BCUT2D eigenvalue weighted by atomic mass is 9.36. The van der Waals surface area contributed by atoms with E-state index >= 15 is 0 Å². The summed E-state index contributed by atoms with van der Waals surface area (Å²) in [6, 6.07) is 0. The quantitative estimate of drug-likeness (QED) is 0.525. The van der Waals surface area contributed by atoms with Crippen molar-refractivity contribution < 1.29 is 29.3 Å². The lowest BCUT2D eigenvalue weighted by Crippen LogP contribution is -2.83. The zero-order chi connectivity index (χ0) is 20.3. The van der Waals surface area contributed by atoms with Crippen LogP contribution >= 0.6 is 0 Å². The van der Waals surface area contributed by atoms with E-state index in [9.17, 15) is 19.8 Å². The summed E-state index contributed by atoms with van der Waals surface area (Å²) in [5, 5.41) is 23.2. The number of ketones is 1. The minimum absolute atomic E-state index is 0.154. The molecular formula is C22H30O6. The molecule has 4 bridgehead atoms. The van der Waals surface area contributed by atoms with Crippen molar-refractivity contribution in [3.05, 3.63) is 12.2 Å². The monoisotopic (exact) mass is 390 g/mol. The molecule has 2 N–H and O–H groups in total. The Morgan fingerprint density at radius 1 is 1.29 bits per heavy atom.